The van der Waals surface area contributed by atoms with E-state index in [1.807, 2.05) is 31.2 Å². The number of benzene rings is 1. The van der Waals surface area contributed by atoms with Crippen LogP contribution in [0.2, 0.25) is 0 Å². The van der Waals surface area contributed by atoms with Gasteiger partial charge in [-0.1, -0.05) is 83.9 Å². The maximum Gasteiger partial charge on any atom is 0.313 e. The second kappa shape index (κ2) is 7.90. The summed E-state index contributed by atoms with van der Waals surface area (Å²) in [6.07, 6.45) is 5.64. The zero-order valence-electron chi connectivity index (χ0n) is 12.7. The molecule has 0 aromatic heterocycles. The van der Waals surface area contributed by atoms with Crippen LogP contribution in [0.5, 0.6) is 0 Å². The van der Waals surface area contributed by atoms with E-state index in [0.29, 0.717) is 5.92 Å². The molecule has 0 aliphatic heterocycles. The molecule has 0 saturated heterocycles. The number of alkyl halides is 3. The first-order valence-corrected chi connectivity index (χ1v) is 8.80. The Bertz CT molecular complexity index is 488. The number of halogens is 3. The first kappa shape index (κ1) is 17.9. The van der Waals surface area contributed by atoms with E-state index < -0.39 is 3.79 Å². The van der Waals surface area contributed by atoms with E-state index in [1.54, 1.807) is 0 Å². The summed E-state index contributed by atoms with van der Waals surface area (Å²) in [4.78, 5) is 12.6. The van der Waals surface area contributed by atoms with Crippen LogP contribution in [0, 0.1) is 12.8 Å². The molecular weight excluding hydrogens is 343 g/mol. The number of ether oxygens (including phenoxy) is 1. The molecule has 0 heterocycles. The highest BCUT2D eigenvalue weighted by Crippen LogP contribution is 2.37. The highest BCUT2D eigenvalue weighted by molar-refractivity contribution is 6.67. The van der Waals surface area contributed by atoms with E-state index in [0.717, 1.165) is 31.2 Å². The van der Waals surface area contributed by atoms with Gasteiger partial charge in [-0.15, -0.1) is 0 Å². The third-order valence-electron chi connectivity index (χ3n) is 4.19. The lowest BCUT2D eigenvalue weighted by Crippen LogP contribution is -2.28. The van der Waals surface area contributed by atoms with Gasteiger partial charge in [-0.05, 0) is 31.2 Å². The predicted molar refractivity (Wildman–Crippen MR) is 91.7 cm³/mol. The van der Waals surface area contributed by atoms with Gasteiger partial charge in [0.1, 0.15) is 6.61 Å². The van der Waals surface area contributed by atoms with Crippen LogP contribution in [0.15, 0.2) is 24.3 Å². The summed E-state index contributed by atoms with van der Waals surface area (Å²) in [5.74, 6) is -0.255. The van der Waals surface area contributed by atoms with Gasteiger partial charge in [-0.2, -0.15) is 0 Å². The fraction of sp³-hybridized carbons (Fsp3) is 0.588. The molecule has 1 aromatic rings. The fourth-order valence-electron chi connectivity index (χ4n) is 3.08. The van der Waals surface area contributed by atoms with Crippen LogP contribution in [0.3, 0.4) is 0 Å². The SMILES string of the molecule is Cc1ccc(C(C(=O)OCC(Cl)(Cl)Cl)C2CCCCC2)cc1. The van der Waals surface area contributed by atoms with E-state index >= 15 is 0 Å². The Balaban J connectivity index is 2.17. The average Bonchev–Trinajstić information content (AvgIpc) is 2.48. The molecule has 2 rings (SSSR count). The monoisotopic (exact) mass is 362 g/mol. The first-order valence-electron chi connectivity index (χ1n) is 7.67. The normalized spacial score (nSPS) is 18.0. The fourth-order valence-corrected chi connectivity index (χ4v) is 3.25. The Morgan fingerprint density at radius 1 is 1.18 bits per heavy atom. The summed E-state index contributed by atoms with van der Waals surface area (Å²) in [5, 5.41) is 0. The lowest BCUT2D eigenvalue weighted by Gasteiger charge is -2.29. The van der Waals surface area contributed by atoms with Gasteiger partial charge in [0, 0.05) is 0 Å². The molecule has 0 spiro atoms. The van der Waals surface area contributed by atoms with Crippen LogP contribution in [0.25, 0.3) is 0 Å². The summed E-state index contributed by atoms with van der Waals surface area (Å²) in [6.45, 7) is 1.81. The zero-order valence-corrected chi connectivity index (χ0v) is 14.9. The topological polar surface area (TPSA) is 26.3 Å². The number of aryl methyl sites for hydroxylation is 1. The number of rotatable bonds is 4. The van der Waals surface area contributed by atoms with Gasteiger partial charge in [-0.25, -0.2) is 0 Å². The molecule has 1 atom stereocenters. The molecule has 22 heavy (non-hydrogen) atoms. The van der Waals surface area contributed by atoms with Crippen LogP contribution in [0.1, 0.15) is 49.1 Å². The summed E-state index contributed by atoms with van der Waals surface area (Å²) < 4.78 is 3.70. The molecule has 0 N–H and O–H groups in total. The number of carbonyl (C=O) groups excluding carboxylic acids is 1. The van der Waals surface area contributed by atoms with Crippen molar-refractivity contribution in [1.82, 2.24) is 0 Å². The second-order valence-electron chi connectivity index (χ2n) is 6.01. The van der Waals surface area contributed by atoms with Crippen molar-refractivity contribution in [2.24, 2.45) is 5.92 Å². The van der Waals surface area contributed by atoms with Crippen molar-refractivity contribution >= 4 is 40.8 Å². The summed E-state index contributed by atoms with van der Waals surface area (Å²) in [5.41, 5.74) is 2.16. The van der Waals surface area contributed by atoms with Gasteiger partial charge in [0.05, 0.1) is 5.92 Å². The predicted octanol–water partition coefficient (Wildman–Crippen LogP) is 5.57. The number of carbonyl (C=O) groups is 1. The Kier molecular flexibility index (Phi) is 6.43. The van der Waals surface area contributed by atoms with Crippen LogP contribution < -0.4 is 0 Å². The summed E-state index contributed by atoms with van der Waals surface area (Å²) >= 11 is 17.1. The molecule has 0 amide bonds. The first-order chi connectivity index (χ1) is 10.4. The maximum absolute atomic E-state index is 12.6. The van der Waals surface area contributed by atoms with E-state index in [9.17, 15) is 4.79 Å². The molecule has 122 valence electrons. The van der Waals surface area contributed by atoms with Gasteiger partial charge >= 0.3 is 5.97 Å². The van der Waals surface area contributed by atoms with E-state index in [-0.39, 0.29) is 18.5 Å². The van der Waals surface area contributed by atoms with Crippen molar-refractivity contribution in [3.8, 4) is 0 Å². The van der Waals surface area contributed by atoms with Crippen LogP contribution in [-0.2, 0) is 9.53 Å². The lowest BCUT2D eigenvalue weighted by atomic mass is 9.76. The van der Waals surface area contributed by atoms with E-state index in [1.165, 1.54) is 12.0 Å². The Morgan fingerprint density at radius 2 is 1.77 bits per heavy atom. The maximum atomic E-state index is 12.6. The standard InChI is InChI=1S/C17H21Cl3O2/c1-12-7-9-14(10-8-12)15(13-5-3-2-4-6-13)16(21)22-11-17(18,19)20/h7-10,13,15H,2-6,11H2,1H3. The van der Waals surface area contributed by atoms with Crippen LogP contribution >= 0.6 is 34.8 Å². The van der Waals surface area contributed by atoms with Gasteiger partial charge in [0.15, 0.2) is 0 Å². The third kappa shape index (κ3) is 5.33. The molecule has 0 radical (unpaired) electrons. The highest BCUT2D eigenvalue weighted by Gasteiger charge is 2.33. The molecular formula is C17H21Cl3O2. The average molecular weight is 364 g/mol. The van der Waals surface area contributed by atoms with Gasteiger partial charge < -0.3 is 4.74 Å². The molecule has 5 heteroatoms. The van der Waals surface area contributed by atoms with Crippen molar-refractivity contribution in [1.29, 1.82) is 0 Å². The molecule has 0 bridgehead atoms. The molecule has 1 aliphatic carbocycles. The number of esters is 1. The third-order valence-corrected chi connectivity index (χ3v) is 4.52. The Morgan fingerprint density at radius 3 is 2.32 bits per heavy atom. The minimum absolute atomic E-state index is 0.217. The quantitative estimate of drug-likeness (QED) is 0.516. The van der Waals surface area contributed by atoms with Gasteiger partial charge in [0.2, 0.25) is 3.79 Å². The highest BCUT2D eigenvalue weighted by atomic mass is 35.6. The van der Waals surface area contributed by atoms with E-state index in [4.69, 9.17) is 39.5 Å². The molecule has 1 unspecified atom stereocenters. The van der Waals surface area contributed by atoms with Crippen molar-refractivity contribution in [2.45, 2.75) is 48.7 Å². The van der Waals surface area contributed by atoms with Crippen molar-refractivity contribution < 1.29 is 9.53 Å². The van der Waals surface area contributed by atoms with Crippen molar-refractivity contribution in [3.05, 3.63) is 35.4 Å². The molecule has 1 aliphatic rings. The smallest absolute Gasteiger partial charge is 0.313 e. The molecule has 2 nitrogen and oxygen atoms in total. The van der Waals surface area contributed by atoms with Crippen molar-refractivity contribution in [3.63, 3.8) is 0 Å². The van der Waals surface area contributed by atoms with Crippen LogP contribution in [-0.4, -0.2) is 16.4 Å². The minimum atomic E-state index is -1.57. The molecule has 1 saturated carbocycles. The minimum Gasteiger partial charge on any atom is -0.461 e. The molecule has 1 fully saturated rings. The van der Waals surface area contributed by atoms with Gasteiger partial charge in [-0.3, -0.25) is 4.79 Å². The Hall–Kier alpha value is -0.440. The second-order valence-corrected chi connectivity index (χ2v) is 8.53. The van der Waals surface area contributed by atoms with Gasteiger partial charge in [0.25, 0.3) is 0 Å². The summed E-state index contributed by atoms with van der Waals surface area (Å²) in [6, 6.07) is 8.05. The number of hydrogen-bond acceptors (Lipinski definition) is 2. The zero-order chi connectivity index (χ0) is 16.2. The largest absolute Gasteiger partial charge is 0.461 e. The molecule has 1 aromatic carbocycles. The van der Waals surface area contributed by atoms with Crippen LogP contribution in [0.4, 0.5) is 0 Å². The van der Waals surface area contributed by atoms with E-state index in [2.05, 4.69) is 0 Å². The summed E-state index contributed by atoms with van der Waals surface area (Å²) in [7, 11) is 0. The Labute approximate surface area is 147 Å². The number of hydrogen-bond donors (Lipinski definition) is 0. The lowest BCUT2D eigenvalue weighted by molar-refractivity contribution is -0.147. The van der Waals surface area contributed by atoms with Crippen molar-refractivity contribution in [2.75, 3.05) is 6.61 Å².